The second kappa shape index (κ2) is 14.6. The van der Waals surface area contributed by atoms with Crippen LogP contribution in [0.25, 0.3) is 0 Å². The van der Waals surface area contributed by atoms with Crippen molar-refractivity contribution < 1.29 is 11.8 Å². The molecule has 0 spiro atoms. The first-order chi connectivity index (χ1) is 22.6. The molecule has 0 saturated heterocycles. The van der Waals surface area contributed by atoms with Gasteiger partial charge in [0.05, 0.1) is 0 Å². The third kappa shape index (κ3) is 7.59. The van der Waals surface area contributed by atoms with Crippen LogP contribution in [0.3, 0.4) is 0 Å². The van der Waals surface area contributed by atoms with Crippen molar-refractivity contribution in [3.8, 4) is 0 Å². The van der Waals surface area contributed by atoms with Gasteiger partial charge in [-0.1, -0.05) is 127 Å². The lowest BCUT2D eigenvalue weighted by atomic mass is 9.51. The fourth-order valence-corrected chi connectivity index (χ4v) is 10.1. The summed E-state index contributed by atoms with van der Waals surface area (Å²) in [4.78, 5) is 0. The van der Waals surface area contributed by atoms with Gasteiger partial charge in [-0.25, -0.2) is 4.39 Å². The molecule has 0 aliphatic rings. The van der Waals surface area contributed by atoms with Crippen LogP contribution >= 0.6 is 0 Å². The van der Waals surface area contributed by atoms with Crippen molar-refractivity contribution in [3.05, 3.63) is 145 Å². The summed E-state index contributed by atoms with van der Waals surface area (Å²) in [5, 5.41) is 0. The first-order valence-corrected chi connectivity index (χ1v) is 18.5. The molecule has 6 heteroatoms. The number of aryl methyl sites for hydroxylation is 12. The predicted molar refractivity (Wildman–Crippen MR) is 207 cm³/mol. The third-order valence-electron chi connectivity index (χ3n) is 9.64. The van der Waals surface area contributed by atoms with E-state index in [9.17, 15) is 0 Å². The highest BCUT2D eigenvalue weighted by Crippen LogP contribution is 2.17. The molecular weight excluding hydrogens is 604 g/mol. The highest BCUT2D eigenvalue weighted by Gasteiger charge is 2.42. The largest absolute Gasteiger partial charge is 0.687 e. The quantitative estimate of drug-likeness (QED) is 0.162. The van der Waals surface area contributed by atoms with Crippen LogP contribution in [0.15, 0.2) is 72.8 Å². The van der Waals surface area contributed by atoms with Gasteiger partial charge >= 0.3 is 28.6 Å². The predicted octanol–water partition coefficient (Wildman–Crippen LogP) is 6.87. The molecule has 0 heterocycles. The second-order valence-corrected chi connectivity index (χ2v) is 16.0. The molecule has 0 saturated carbocycles. The molecular formula is C42H48AlB2FO2. The summed E-state index contributed by atoms with van der Waals surface area (Å²) >= 11 is -2.87. The van der Waals surface area contributed by atoms with Crippen molar-refractivity contribution in [2.24, 2.45) is 0 Å². The van der Waals surface area contributed by atoms with Crippen molar-refractivity contribution in [1.82, 2.24) is 0 Å². The molecule has 5 rings (SSSR count). The van der Waals surface area contributed by atoms with Crippen LogP contribution in [0, 0.1) is 88.9 Å². The average Bonchev–Trinajstić information content (AvgIpc) is 2.94. The van der Waals surface area contributed by atoms with E-state index in [4.69, 9.17) is 7.41 Å². The normalized spacial score (nSPS) is 11.2. The van der Waals surface area contributed by atoms with E-state index in [0.29, 0.717) is 0 Å². The molecule has 0 radical (unpaired) electrons. The maximum absolute atomic E-state index is 15.1. The Morgan fingerprint density at radius 3 is 0.938 bits per heavy atom. The highest BCUT2D eigenvalue weighted by atomic mass is 27.2. The van der Waals surface area contributed by atoms with Crippen LogP contribution in [0.5, 0.6) is 0 Å². The van der Waals surface area contributed by atoms with Gasteiger partial charge < -0.3 is 7.41 Å². The summed E-state index contributed by atoms with van der Waals surface area (Å²) in [6.45, 7) is 25.1. The van der Waals surface area contributed by atoms with Crippen LogP contribution in [-0.2, 0) is 7.41 Å². The van der Waals surface area contributed by atoms with Gasteiger partial charge in [0, 0.05) is 0 Å². The van der Waals surface area contributed by atoms with Crippen LogP contribution in [0.1, 0.15) is 66.8 Å². The Hall–Kier alpha value is -3.39. The minimum Gasteiger partial charge on any atom is -0.534 e. The summed E-state index contributed by atoms with van der Waals surface area (Å²) in [7, 11) is 0. The summed E-state index contributed by atoms with van der Waals surface area (Å²) in [5.74, 6) is -0.291. The summed E-state index contributed by atoms with van der Waals surface area (Å²) in [5.41, 5.74) is 18.9. The molecule has 244 valence electrons. The molecule has 0 bridgehead atoms. The maximum Gasteiger partial charge on any atom is 0.687 e. The fourth-order valence-electron chi connectivity index (χ4n) is 8.07. The van der Waals surface area contributed by atoms with Gasteiger partial charge in [0.1, 0.15) is 5.82 Å². The highest BCUT2D eigenvalue weighted by molar-refractivity contribution is 6.91. The molecule has 0 aliphatic heterocycles. The molecule has 48 heavy (non-hydrogen) atoms. The summed E-state index contributed by atoms with van der Waals surface area (Å²) < 4.78 is 30.9. The average molecular weight is 652 g/mol. The van der Waals surface area contributed by atoms with Crippen molar-refractivity contribution in [3.63, 3.8) is 0 Å². The SMILES string of the molecule is Cc1cc(C)c(B([O][Al]([O]B(c2c(C)cc(C)cc2C)c2c(C)cc(C)cc2C)[c]2cccc(F)c2)c2c(C)cc(C)cc2C)c(C)c1. The fraction of sp³-hybridized carbons (Fsp3) is 0.286. The lowest BCUT2D eigenvalue weighted by Gasteiger charge is -2.30. The van der Waals surface area contributed by atoms with E-state index in [1.54, 1.807) is 12.1 Å². The van der Waals surface area contributed by atoms with Crippen molar-refractivity contribution in [1.29, 1.82) is 0 Å². The zero-order valence-corrected chi connectivity index (χ0v) is 32.0. The van der Waals surface area contributed by atoms with Crippen LogP contribution in [0.2, 0.25) is 0 Å². The molecule has 0 atom stereocenters. The number of hydrogen-bond donors (Lipinski definition) is 0. The van der Waals surface area contributed by atoms with Crippen LogP contribution in [0.4, 0.5) is 4.39 Å². The molecule has 5 aromatic rings. The topological polar surface area (TPSA) is 18.5 Å². The van der Waals surface area contributed by atoms with Gasteiger partial charge in [-0.2, -0.15) is 0 Å². The minimum atomic E-state index is -2.87. The Balaban J connectivity index is 1.78. The zero-order valence-electron chi connectivity index (χ0n) is 30.9. The Morgan fingerprint density at radius 2 is 0.688 bits per heavy atom. The molecule has 0 aromatic heterocycles. The van der Waals surface area contributed by atoms with Crippen LogP contribution in [-0.4, -0.2) is 28.6 Å². The Labute approximate surface area is 294 Å². The molecule has 2 nitrogen and oxygen atoms in total. The van der Waals surface area contributed by atoms with E-state index in [1.165, 1.54) is 72.8 Å². The van der Waals surface area contributed by atoms with Crippen molar-refractivity contribution in [2.75, 3.05) is 0 Å². The smallest absolute Gasteiger partial charge is 0.534 e. The molecule has 0 aliphatic carbocycles. The number of benzene rings is 5. The second-order valence-electron chi connectivity index (χ2n) is 14.2. The lowest BCUT2D eigenvalue weighted by Crippen LogP contribution is -2.60. The Kier molecular flexibility index (Phi) is 10.9. The molecule has 5 aromatic carbocycles. The van der Waals surface area contributed by atoms with E-state index < -0.39 is 28.6 Å². The van der Waals surface area contributed by atoms with Crippen LogP contribution < -0.4 is 26.3 Å². The first-order valence-electron chi connectivity index (χ1n) is 17.0. The van der Waals surface area contributed by atoms with Gasteiger partial charge in [0.15, 0.2) is 0 Å². The van der Waals surface area contributed by atoms with Gasteiger partial charge in [0.25, 0.3) is 0 Å². The van der Waals surface area contributed by atoms with Gasteiger partial charge in [0.2, 0.25) is 0 Å². The van der Waals surface area contributed by atoms with E-state index in [0.717, 1.165) is 26.3 Å². The standard InChI is InChI=1S/2C18H22BO.C6H4F.Al/c2*1-11-7-13(3)17(14(4)8-11)19(20)18-15(5)9-12(2)10-16(18)6;7-6-4-2-1-3-5-6;/h2*7-10H,1-6H3;1-2,4-5H;/q2*-1;;+2. The van der Waals surface area contributed by atoms with E-state index in [2.05, 4.69) is 132 Å². The van der Waals surface area contributed by atoms with Gasteiger partial charge in [-0.05, 0) is 121 Å². The number of halogens is 1. The zero-order chi connectivity index (χ0) is 35.0. The number of rotatable bonds is 9. The third-order valence-corrected chi connectivity index (χ3v) is 11.6. The van der Waals surface area contributed by atoms with Gasteiger partial charge in [-0.15, -0.1) is 0 Å². The summed E-state index contributed by atoms with van der Waals surface area (Å²) in [6.07, 6.45) is 0. The molecule has 0 amide bonds. The molecule has 0 fully saturated rings. The lowest BCUT2D eigenvalue weighted by molar-refractivity contribution is 0.466. The molecule has 0 unspecified atom stereocenters. The van der Waals surface area contributed by atoms with Crippen molar-refractivity contribution >= 4 is 54.9 Å². The monoisotopic (exact) mass is 652 g/mol. The van der Waals surface area contributed by atoms with E-state index in [1.807, 2.05) is 6.07 Å². The van der Waals surface area contributed by atoms with Crippen molar-refractivity contribution in [2.45, 2.75) is 83.1 Å². The minimum absolute atomic E-state index is 0.291. The maximum atomic E-state index is 15.1. The number of hydrogen-bond acceptors (Lipinski definition) is 2. The molecule has 0 N–H and O–H groups in total. The Morgan fingerprint density at radius 1 is 0.417 bits per heavy atom. The van der Waals surface area contributed by atoms with E-state index >= 15 is 4.39 Å². The van der Waals surface area contributed by atoms with Gasteiger partial charge in [-0.3, -0.25) is 0 Å². The summed E-state index contributed by atoms with van der Waals surface area (Å²) in [6, 6.07) is 24.7. The first kappa shape index (κ1) is 35.9. The van der Waals surface area contributed by atoms with E-state index in [-0.39, 0.29) is 5.82 Å². The Bertz CT molecular complexity index is 1670.